The summed E-state index contributed by atoms with van der Waals surface area (Å²) in [6.07, 6.45) is 9.92. The summed E-state index contributed by atoms with van der Waals surface area (Å²) in [6, 6.07) is 7.12. The largest absolute Gasteiger partial charge is 0.312 e. The first-order valence-corrected chi connectivity index (χ1v) is 7.67. The van der Waals surface area contributed by atoms with Crippen molar-refractivity contribution in [1.82, 2.24) is 5.32 Å². The molecule has 96 valence electrons. The van der Waals surface area contributed by atoms with Gasteiger partial charge in [-0.3, -0.25) is 0 Å². The number of aryl methyl sites for hydroxylation is 2. The van der Waals surface area contributed by atoms with Gasteiger partial charge in [-0.05, 0) is 73.0 Å². The average molecular weight is 241 g/mol. The highest BCUT2D eigenvalue weighted by molar-refractivity contribution is 5.35. The normalized spacial score (nSPS) is 24.0. The Kier molecular flexibility index (Phi) is 2.51. The fraction of sp³-hybridized carbons (Fsp3) is 0.647. The third-order valence-corrected chi connectivity index (χ3v) is 5.30. The fourth-order valence-corrected chi connectivity index (χ4v) is 3.78. The summed E-state index contributed by atoms with van der Waals surface area (Å²) in [5, 5.41) is 3.72. The van der Waals surface area contributed by atoms with E-state index in [9.17, 15) is 0 Å². The minimum Gasteiger partial charge on any atom is -0.312 e. The molecule has 0 unspecified atom stereocenters. The van der Waals surface area contributed by atoms with Gasteiger partial charge in [-0.2, -0.15) is 0 Å². The summed E-state index contributed by atoms with van der Waals surface area (Å²) < 4.78 is 0. The molecule has 1 heteroatoms. The number of fused-ring (bicyclic) bond motifs is 1. The van der Waals surface area contributed by atoms with Gasteiger partial charge in [0.05, 0.1) is 0 Å². The Morgan fingerprint density at radius 3 is 2.72 bits per heavy atom. The lowest BCUT2D eigenvalue weighted by molar-refractivity contribution is 0.403. The lowest BCUT2D eigenvalue weighted by Crippen LogP contribution is -2.25. The van der Waals surface area contributed by atoms with Crippen molar-refractivity contribution in [3.05, 3.63) is 34.9 Å². The van der Waals surface area contributed by atoms with Crippen LogP contribution in [0.5, 0.6) is 0 Å². The molecule has 0 radical (unpaired) electrons. The van der Waals surface area contributed by atoms with Crippen LogP contribution in [0.2, 0.25) is 0 Å². The Bertz CT molecular complexity index is 455. The van der Waals surface area contributed by atoms with Gasteiger partial charge in [0.15, 0.2) is 0 Å². The molecule has 0 aliphatic heterocycles. The highest BCUT2D eigenvalue weighted by atomic mass is 14.9. The molecular formula is C17H23N. The van der Waals surface area contributed by atoms with Crippen LogP contribution in [0.25, 0.3) is 0 Å². The van der Waals surface area contributed by atoms with Crippen molar-refractivity contribution in [1.29, 1.82) is 0 Å². The van der Waals surface area contributed by atoms with E-state index in [1.165, 1.54) is 57.1 Å². The maximum absolute atomic E-state index is 3.72. The van der Waals surface area contributed by atoms with Gasteiger partial charge in [-0.25, -0.2) is 0 Å². The molecule has 0 bridgehead atoms. The summed E-state index contributed by atoms with van der Waals surface area (Å²) in [4.78, 5) is 0. The third-order valence-electron chi connectivity index (χ3n) is 5.30. The molecule has 0 aromatic heterocycles. The Hall–Kier alpha value is -0.820. The summed E-state index contributed by atoms with van der Waals surface area (Å²) in [6.45, 7) is 2.33. The Balaban J connectivity index is 1.34. The molecule has 18 heavy (non-hydrogen) atoms. The standard InChI is InChI=1S/C17H23N/c1-2-14-5-4-13(10-15(14)3-1)11-18-12-17(8-9-17)16-6-7-16/h4-5,10,16,18H,1-3,6-9,11-12H2. The first kappa shape index (κ1) is 11.0. The lowest BCUT2D eigenvalue weighted by Gasteiger charge is -2.15. The van der Waals surface area contributed by atoms with Crippen LogP contribution in [0.4, 0.5) is 0 Å². The van der Waals surface area contributed by atoms with Gasteiger partial charge < -0.3 is 5.32 Å². The van der Waals surface area contributed by atoms with Gasteiger partial charge in [-0.1, -0.05) is 18.2 Å². The molecule has 4 rings (SSSR count). The molecule has 0 saturated heterocycles. The molecule has 0 amide bonds. The smallest absolute Gasteiger partial charge is 0.0205 e. The quantitative estimate of drug-likeness (QED) is 0.832. The SMILES string of the molecule is c1cc2c(cc1CNCC1(C3CC3)CC1)CCC2. The first-order chi connectivity index (χ1) is 8.86. The highest BCUT2D eigenvalue weighted by Crippen LogP contribution is 2.60. The summed E-state index contributed by atoms with van der Waals surface area (Å²) in [5.74, 6) is 1.07. The van der Waals surface area contributed by atoms with E-state index in [0.717, 1.165) is 17.9 Å². The van der Waals surface area contributed by atoms with E-state index < -0.39 is 0 Å². The molecule has 1 N–H and O–H groups in total. The van der Waals surface area contributed by atoms with Gasteiger partial charge in [-0.15, -0.1) is 0 Å². The van der Waals surface area contributed by atoms with Crippen LogP contribution >= 0.6 is 0 Å². The molecule has 1 nitrogen and oxygen atoms in total. The van der Waals surface area contributed by atoms with Crippen molar-refractivity contribution >= 4 is 0 Å². The van der Waals surface area contributed by atoms with Crippen molar-refractivity contribution in [2.75, 3.05) is 6.54 Å². The topological polar surface area (TPSA) is 12.0 Å². The highest BCUT2D eigenvalue weighted by Gasteiger charge is 2.53. The van der Waals surface area contributed by atoms with Crippen molar-refractivity contribution in [2.45, 2.75) is 51.5 Å². The summed E-state index contributed by atoms with van der Waals surface area (Å²) in [5.41, 5.74) is 5.42. The Morgan fingerprint density at radius 1 is 1.11 bits per heavy atom. The van der Waals surface area contributed by atoms with Crippen LogP contribution < -0.4 is 5.32 Å². The number of nitrogens with one attached hydrogen (secondary N) is 1. The van der Waals surface area contributed by atoms with E-state index in [4.69, 9.17) is 0 Å². The van der Waals surface area contributed by atoms with Crippen LogP contribution in [0.3, 0.4) is 0 Å². The van der Waals surface area contributed by atoms with E-state index in [2.05, 4.69) is 23.5 Å². The van der Waals surface area contributed by atoms with E-state index in [-0.39, 0.29) is 0 Å². The van der Waals surface area contributed by atoms with Gasteiger partial charge in [0, 0.05) is 13.1 Å². The number of hydrogen-bond donors (Lipinski definition) is 1. The maximum Gasteiger partial charge on any atom is 0.0205 e. The molecule has 1 aromatic carbocycles. The lowest BCUT2D eigenvalue weighted by atomic mass is 10.0. The zero-order valence-corrected chi connectivity index (χ0v) is 11.2. The number of hydrogen-bond acceptors (Lipinski definition) is 1. The zero-order valence-electron chi connectivity index (χ0n) is 11.2. The van der Waals surface area contributed by atoms with Gasteiger partial charge in [0.2, 0.25) is 0 Å². The van der Waals surface area contributed by atoms with Crippen LogP contribution in [0, 0.1) is 11.3 Å². The summed E-state index contributed by atoms with van der Waals surface area (Å²) >= 11 is 0. The van der Waals surface area contributed by atoms with Crippen molar-refractivity contribution in [3.8, 4) is 0 Å². The van der Waals surface area contributed by atoms with Gasteiger partial charge in [0.25, 0.3) is 0 Å². The second-order valence-corrected chi connectivity index (χ2v) is 6.70. The third kappa shape index (κ3) is 1.99. The van der Waals surface area contributed by atoms with E-state index >= 15 is 0 Å². The van der Waals surface area contributed by atoms with Crippen molar-refractivity contribution in [3.63, 3.8) is 0 Å². The predicted molar refractivity (Wildman–Crippen MR) is 74.6 cm³/mol. The Morgan fingerprint density at radius 2 is 1.94 bits per heavy atom. The molecule has 1 aromatic rings. The molecule has 3 aliphatic carbocycles. The first-order valence-electron chi connectivity index (χ1n) is 7.67. The monoisotopic (exact) mass is 241 g/mol. The Labute approximate surface area is 110 Å². The van der Waals surface area contributed by atoms with Gasteiger partial charge in [0.1, 0.15) is 0 Å². The molecule has 0 spiro atoms. The van der Waals surface area contributed by atoms with E-state index in [1.807, 2.05) is 0 Å². The summed E-state index contributed by atoms with van der Waals surface area (Å²) in [7, 11) is 0. The average Bonchev–Trinajstić information content (AvgIpc) is 3.27. The van der Waals surface area contributed by atoms with Crippen LogP contribution in [-0.4, -0.2) is 6.54 Å². The minimum absolute atomic E-state index is 0.733. The maximum atomic E-state index is 3.72. The van der Waals surface area contributed by atoms with E-state index in [1.54, 1.807) is 11.1 Å². The number of rotatable bonds is 5. The second-order valence-electron chi connectivity index (χ2n) is 6.70. The van der Waals surface area contributed by atoms with Crippen LogP contribution in [0.1, 0.15) is 48.8 Å². The van der Waals surface area contributed by atoms with Crippen molar-refractivity contribution < 1.29 is 0 Å². The molecule has 0 atom stereocenters. The number of benzene rings is 1. The minimum atomic E-state index is 0.733. The molecule has 0 heterocycles. The van der Waals surface area contributed by atoms with Crippen molar-refractivity contribution in [2.24, 2.45) is 11.3 Å². The predicted octanol–water partition coefficient (Wildman–Crippen LogP) is 3.46. The van der Waals surface area contributed by atoms with Crippen LogP contribution in [0.15, 0.2) is 18.2 Å². The van der Waals surface area contributed by atoms with E-state index in [0.29, 0.717) is 0 Å². The fourth-order valence-electron chi connectivity index (χ4n) is 3.78. The molecule has 3 aliphatic rings. The molecule has 2 saturated carbocycles. The van der Waals surface area contributed by atoms with Gasteiger partial charge >= 0.3 is 0 Å². The van der Waals surface area contributed by atoms with Crippen LogP contribution in [-0.2, 0) is 19.4 Å². The molecule has 2 fully saturated rings. The molecular weight excluding hydrogens is 218 g/mol. The zero-order chi connectivity index (χ0) is 12.0. The second kappa shape index (κ2) is 4.09.